The molecule has 0 bridgehead atoms. The molecule has 1 aliphatic carbocycles. The number of fused-ring (bicyclic) bond motifs is 1. The smallest absolute Gasteiger partial charge is 0.465 e. The fraction of sp³-hybridized carbons (Fsp3) is 0.640. The van der Waals surface area contributed by atoms with E-state index in [4.69, 9.17) is 14.3 Å². The quantitative estimate of drug-likeness (QED) is 0.564. The lowest BCUT2D eigenvalue weighted by molar-refractivity contribution is -0.135. The molecule has 2 atom stereocenters. The van der Waals surface area contributed by atoms with Crippen LogP contribution in [0.1, 0.15) is 72.7 Å². The Morgan fingerprint density at radius 1 is 1.20 bits per heavy atom. The fourth-order valence-electron chi connectivity index (χ4n) is 5.23. The van der Waals surface area contributed by atoms with Crippen molar-refractivity contribution in [3.05, 3.63) is 24.0 Å². The summed E-state index contributed by atoms with van der Waals surface area (Å²) in [6.07, 6.45) is 1.81. The molecule has 1 spiro atoms. The van der Waals surface area contributed by atoms with Crippen LogP contribution in [0, 0.1) is 11.3 Å². The lowest BCUT2D eigenvalue weighted by atomic mass is 9.79. The van der Waals surface area contributed by atoms with Gasteiger partial charge in [0.1, 0.15) is 11.9 Å². The molecule has 2 aliphatic heterocycles. The van der Waals surface area contributed by atoms with E-state index in [1.165, 1.54) is 0 Å². The van der Waals surface area contributed by atoms with Crippen LogP contribution in [0.5, 0.6) is 0 Å². The molecule has 3 N–H and O–H groups in total. The highest BCUT2D eigenvalue weighted by Gasteiger charge is 2.55. The number of rotatable bonds is 5. The molecular weight excluding hydrogens is 447 g/mol. The SMILES string of the molecule is CC(C)C(NC(=O)O)C(=O)N1CC2(CC2)CC1c1nc2ccc(B3OC(C)(C)C(C)(C)O3)cc2[nH]1. The molecule has 2 aromatic rings. The van der Waals surface area contributed by atoms with Crippen molar-refractivity contribution in [3.8, 4) is 0 Å². The van der Waals surface area contributed by atoms with E-state index >= 15 is 0 Å². The predicted molar refractivity (Wildman–Crippen MR) is 132 cm³/mol. The van der Waals surface area contributed by atoms with Crippen molar-refractivity contribution in [1.82, 2.24) is 20.2 Å². The number of aromatic amines is 1. The third kappa shape index (κ3) is 4.20. The molecule has 3 aliphatic rings. The number of carbonyl (C=O) groups excluding carboxylic acids is 1. The van der Waals surface area contributed by atoms with E-state index in [0.29, 0.717) is 6.54 Å². The molecule has 2 amide bonds. The zero-order valence-corrected chi connectivity index (χ0v) is 21.3. The maximum Gasteiger partial charge on any atom is 0.494 e. The van der Waals surface area contributed by atoms with Crippen LogP contribution in [0.25, 0.3) is 11.0 Å². The first kappa shape index (κ1) is 24.1. The third-order valence-electron chi connectivity index (χ3n) is 8.33. The Labute approximate surface area is 206 Å². The van der Waals surface area contributed by atoms with Crippen LogP contribution in [0.4, 0.5) is 4.79 Å². The van der Waals surface area contributed by atoms with Gasteiger partial charge in [0.25, 0.3) is 0 Å². The molecule has 1 saturated carbocycles. The van der Waals surface area contributed by atoms with E-state index in [1.54, 1.807) is 0 Å². The van der Waals surface area contributed by atoms with Crippen molar-refractivity contribution >= 4 is 35.6 Å². The average Bonchev–Trinajstić information content (AvgIpc) is 3.11. The Bertz CT molecular complexity index is 1160. The molecule has 5 rings (SSSR count). The van der Waals surface area contributed by atoms with Gasteiger partial charge in [-0.05, 0) is 75.9 Å². The Morgan fingerprint density at radius 2 is 1.86 bits per heavy atom. The molecule has 2 unspecified atom stereocenters. The highest BCUT2D eigenvalue weighted by atomic mass is 16.7. The van der Waals surface area contributed by atoms with Crippen molar-refractivity contribution in [2.45, 2.75) is 84.1 Å². The summed E-state index contributed by atoms with van der Waals surface area (Å²) in [6.45, 7) is 12.5. The van der Waals surface area contributed by atoms with Crippen LogP contribution in [0.2, 0.25) is 0 Å². The van der Waals surface area contributed by atoms with E-state index in [9.17, 15) is 14.7 Å². The lowest BCUT2D eigenvalue weighted by Crippen LogP contribution is -2.51. The number of likely N-dealkylation sites (tertiary alicyclic amines) is 1. The standard InChI is InChI=1S/C25H35BN4O5/c1-14(2)19(29-22(32)33)21(31)30-13-25(9-10-25)12-18(30)20-27-16-8-7-15(11-17(16)28-20)26-34-23(3,4)24(5,6)35-26/h7-8,11,14,18-19,29H,9-10,12-13H2,1-6H3,(H,27,28)(H,32,33). The summed E-state index contributed by atoms with van der Waals surface area (Å²) in [5.41, 5.74) is 1.86. The number of H-pyrrole nitrogens is 1. The summed E-state index contributed by atoms with van der Waals surface area (Å²) in [6, 6.07) is 4.93. The Balaban J connectivity index is 1.43. The zero-order chi connectivity index (χ0) is 25.3. The summed E-state index contributed by atoms with van der Waals surface area (Å²) >= 11 is 0. The fourth-order valence-corrected chi connectivity index (χ4v) is 5.23. The topological polar surface area (TPSA) is 117 Å². The van der Waals surface area contributed by atoms with Gasteiger partial charge in [-0.2, -0.15) is 0 Å². The van der Waals surface area contributed by atoms with E-state index in [2.05, 4.69) is 10.3 Å². The van der Waals surface area contributed by atoms with E-state index in [-0.39, 0.29) is 23.3 Å². The average molecular weight is 482 g/mol. The minimum atomic E-state index is -1.19. The largest absolute Gasteiger partial charge is 0.494 e. The monoisotopic (exact) mass is 482 g/mol. The lowest BCUT2D eigenvalue weighted by Gasteiger charge is -2.32. The van der Waals surface area contributed by atoms with Crippen LogP contribution >= 0.6 is 0 Å². The third-order valence-corrected chi connectivity index (χ3v) is 8.33. The maximum atomic E-state index is 13.5. The molecule has 0 radical (unpaired) electrons. The summed E-state index contributed by atoms with van der Waals surface area (Å²) in [4.78, 5) is 35.0. The van der Waals surface area contributed by atoms with Gasteiger partial charge < -0.3 is 29.6 Å². The zero-order valence-electron chi connectivity index (χ0n) is 21.3. The van der Waals surface area contributed by atoms with Crippen molar-refractivity contribution in [3.63, 3.8) is 0 Å². The molecule has 9 nitrogen and oxygen atoms in total. The number of imidazole rings is 1. The first-order chi connectivity index (χ1) is 16.3. The van der Waals surface area contributed by atoms with Crippen molar-refractivity contribution in [2.24, 2.45) is 11.3 Å². The summed E-state index contributed by atoms with van der Waals surface area (Å²) in [5, 5.41) is 11.7. The molecule has 3 fully saturated rings. The van der Waals surface area contributed by atoms with Gasteiger partial charge in [-0.3, -0.25) is 4.79 Å². The predicted octanol–water partition coefficient (Wildman–Crippen LogP) is 3.21. The number of nitrogens with one attached hydrogen (secondary N) is 2. The van der Waals surface area contributed by atoms with Crippen molar-refractivity contribution in [2.75, 3.05) is 6.54 Å². The van der Waals surface area contributed by atoms with Gasteiger partial charge >= 0.3 is 13.2 Å². The number of hydrogen-bond acceptors (Lipinski definition) is 5. The molecule has 2 saturated heterocycles. The van der Waals surface area contributed by atoms with Crippen LogP contribution in [0.3, 0.4) is 0 Å². The first-order valence-corrected chi connectivity index (χ1v) is 12.5. The highest BCUT2D eigenvalue weighted by Crippen LogP contribution is 2.58. The molecule has 188 valence electrons. The summed E-state index contributed by atoms with van der Waals surface area (Å²) in [7, 11) is -0.468. The van der Waals surface area contributed by atoms with Crippen LogP contribution in [-0.2, 0) is 14.1 Å². The number of nitrogens with zero attached hydrogens (tertiary/aromatic N) is 2. The number of hydrogen-bond donors (Lipinski definition) is 3. The number of aromatic nitrogens is 2. The summed E-state index contributed by atoms with van der Waals surface area (Å²) < 4.78 is 12.4. The van der Waals surface area contributed by atoms with Gasteiger partial charge in [-0.1, -0.05) is 19.9 Å². The second-order valence-electron chi connectivity index (χ2n) is 11.8. The van der Waals surface area contributed by atoms with E-state index in [1.807, 2.05) is 64.6 Å². The number of carbonyl (C=O) groups is 2. The number of benzene rings is 1. The van der Waals surface area contributed by atoms with E-state index < -0.39 is 30.5 Å². The minimum absolute atomic E-state index is 0.123. The Kier molecular flexibility index (Phi) is 5.49. The summed E-state index contributed by atoms with van der Waals surface area (Å²) in [5.74, 6) is 0.392. The molecule has 1 aromatic heterocycles. The minimum Gasteiger partial charge on any atom is -0.465 e. The highest BCUT2D eigenvalue weighted by molar-refractivity contribution is 6.62. The molecule has 10 heteroatoms. The van der Waals surface area contributed by atoms with Gasteiger partial charge in [-0.15, -0.1) is 0 Å². The molecular formula is C25H35BN4O5. The van der Waals surface area contributed by atoms with Gasteiger partial charge in [-0.25, -0.2) is 9.78 Å². The van der Waals surface area contributed by atoms with Crippen LogP contribution < -0.4 is 10.8 Å². The second-order valence-corrected chi connectivity index (χ2v) is 11.8. The van der Waals surface area contributed by atoms with Crippen molar-refractivity contribution in [1.29, 1.82) is 0 Å². The second kappa shape index (κ2) is 7.96. The van der Waals surface area contributed by atoms with Crippen LogP contribution in [0.15, 0.2) is 18.2 Å². The Hall–Kier alpha value is -2.59. The van der Waals surface area contributed by atoms with Gasteiger partial charge in [0.15, 0.2) is 0 Å². The molecule has 1 aromatic carbocycles. The number of carboxylic acid groups (broad SMARTS) is 1. The first-order valence-electron chi connectivity index (χ1n) is 12.5. The van der Waals surface area contributed by atoms with Crippen LogP contribution in [-0.4, -0.2) is 62.9 Å². The normalized spacial score (nSPS) is 24.9. The van der Waals surface area contributed by atoms with E-state index in [0.717, 1.165) is 41.6 Å². The van der Waals surface area contributed by atoms with Gasteiger partial charge in [0.2, 0.25) is 5.91 Å². The van der Waals surface area contributed by atoms with Crippen molar-refractivity contribution < 1.29 is 24.0 Å². The molecule has 3 heterocycles. The van der Waals surface area contributed by atoms with Gasteiger partial charge in [0.05, 0.1) is 28.3 Å². The maximum absolute atomic E-state index is 13.5. The number of amides is 2. The molecule has 35 heavy (non-hydrogen) atoms. The van der Waals surface area contributed by atoms with Gasteiger partial charge in [0, 0.05) is 6.54 Å². The Morgan fingerprint density at radius 3 is 2.43 bits per heavy atom.